The second-order valence-electron chi connectivity index (χ2n) is 10.1. The fourth-order valence-electron chi connectivity index (χ4n) is 5.85. The van der Waals surface area contributed by atoms with Gasteiger partial charge in [0.2, 0.25) is 0 Å². The first-order valence-electron chi connectivity index (χ1n) is 21.4. The molecule has 0 unspecified atom stereocenters. The highest BCUT2D eigenvalue weighted by Gasteiger charge is 2.18. The summed E-state index contributed by atoms with van der Waals surface area (Å²) >= 11 is 0. The Morgan fingerprint density at radius 3 is 1.72 bits per heavy atom. The Morgan fingerprint density at radius 1 is 0.372 bits per heavy atom. The van der Waals surface area contributed by atoms with Gasteiger partial charge >= 0.3 is 0 Å². The lowest BCUT2D eigenvalue weighted by molar-refractivity contribution is 0.669. The fraction of sp³-hybridized carbons (Fsp3) is 0. The summed E-state index contributed by atoms with van der Waals surface area (Å²) < 4.78 is 143. The summed E-state index contributed by atoms with van der Waals surface area (Å²) in [6, 6.07) is 10.2. The van der Waals surface area contributed by atoms with Crippen LogP contribution in [-0.4, -0.2) is 0 Å². The monoisotopic (exact) mass is 562 g/mol. The van der Waals surface area contributed by atoms with Crippen LogP contribution in [0, 0.1) is 0 Å². The molecule has 1 heteroatoms. The van der Waals surface area contributed by atoms with Crippen LogP contribution in [0.25, 0.3) is 87.6 Å². The van der Waals surface area contributed by atoms with Crippen molar-refractivity contribution in [1.82, 2.24) is 0 Å². The Hall–Kier alpha value is -5.66. The molecule has 0 saturated carbocycles. The van der Waals surface area contributed by atoms with Gasteiger partial charge in [-0.25, -0.2) is 0 Å². The predicted molar refractivity (Wildman–Crippen MR) is 183 cm³/mol. The van der Waals surface area contributed by atoms with Crippen molar-refractivity contribution in [3.05, 3.63) is 157 Å². The first-order valence-corrected chi connectivity index (χ1v) is 13.4. The normalized spacial score (nSPS) is 16.9. The first-order chi connectivity index (χ1) is 27.9. The van der Waals surface area contributed by atoms with Crippen molar-refractivity contribution in [3.63, 3.8) is 0 Å². The summed E-state index contributed by atoms with van der Waals surface area (Å²) in [6.07, 6.45) is 0. The number of rotatable bonds is 3. The van der Waals surface area contributed by atoms with Gasteiger partial charge in [-0.2, -0.15) is 0 Å². The molecule has 0 N–H and O–H groups in total. The molecular weight excluding hydrogens is 520 g/mol. The molecule has 0 amide bonds. The van der Waals surface area contributed by atoms with Crippen LogP contribution in [0.2, 0.25) is 0 Å². The van der Waals surface area contributed by atoms with E-state index in [1.807, 2.05) is 0 Å². The summed E-state index contributed by atoms with van der Waals surface area (Å²) in [5.74, 6) is 0. The molecule has 9 aromatic rings. The predicted octanol–water partition coefficient (Wildman–Crippen LogP) is 12.0. The van der Waals surface area contributed by atoms with E-state index in [1.165, 1.54) is 36.4 Å². The van der Waals surface area contributed by atoms with Gasteiger partial charge < -0.3 is 4.42 Å². The van der Waals surface area contributed by atoms with E-state index in [4.69, 9.17) is 26.3 Å². The van der Waals surface area contributed by atoms with E-state index >= 15 is 0 Å². The van der Waals surface area contributed by atoms with Gasteiger partial charge in [0.1, 0.15) is 11.2 Å². The van der Waals surface area contributed by atoms with Crippen LogP contribution in [0.3, 0.4) is 0 Å². The number of fused-ring (bicyclic) bond motifs is 6. The summed E-state index contributed by atoms with van der Waals surface area (Å²) in [6.45, 7) is 0. The van der Waals surface area contributed by atoms with Crippen molar-refractivity contribution in [2.45, 2.75) is 0 Å². The Labute approximate surface area is 271 Å². The minimum atomic E-state index is -0.533. The van der Waals surface area contributed by atoms with E-state index in [1.54, 1.807) is 24.3 Å². The lowest BCUT2D eigenvalue weighted by atomic mass is 9.84. The van der Waals surface area contributed by atoms with Crippen molar-refractivity contribution < 1.29 is 26.3 Å². The van der Waals surface area contributed by atoms with Crippen LogP contribution < -0.4 is 0 Å². The molecule has 0 spiro atoms. The number of hydrogen-bond acceptors (Lipinski definition) is 1. The van der Waals surface area contributed by atoms with E-state index in [0.29, 0.717) is 49.4 Å². The standard InChI is InChI=1S/C42H26O/c1-2-12-31-28(10-1)11-9-18-34(31)42-37-16-5-3-14-35(37)41(36-15-4-6-17-38(36)42)29-22-20-27(21-23-29)30-24-25-33-32-13-7-8-19-39(32)43-40(33)26-30/h1-26H/i1D,2D,3D,4D,5D,6D,7D,8D,9D,10D,11D,13D,19D,24D,25D,26D. The van der Waals surface area contributed by atoms with Gasteiger partial charge in [-0.15, -0.1) is 0 Å². The highest BCUT2D eigenvalue weighted by Crippen LogP contribution is 2.45. The van der Waals surface area contributed by atoms with Crippen molar-refractivity contribution in [2.24, 2.45) is 0 Å². The SMILES string of the molecule is [2H]c1cc2c(-c3ccc(-c4c([2H])c([2H])c5c(oc6c([2H])c([2H])c([2H])c([2H])c65)c4[2H])cc3)c3cc([2H])c([2H])cc3c(-c3cc([2H])c([2H])c4c([2H])c([2H])c([2H])cc34)c2cc1[2H]. The Kier molecular flexibility index (Phi) is 2.88. The minimum absolute atomic E-state index is 0.0115. The zero-order chi connectivity index (χ0) is 42.3. The molecule has 0 bridgehead atoms. The summed E-state index contributed by atoms with van der Waals surface area (Å²) in [5, 5.41) is 1.79. The molecule has 1 aromatic heterocycles. The largest absolute Gasteiger partial charge is 0.456 e. The molecule has 0 radical (unpaired) electrons. The maximum absolute atomic E-state index is 9.10. The third kappa shape index (κ3) is 3.72. The van der Waals surface area contributed by atoms with Crippen molar-refractivity contribution in [1.29, 1.82) is 0 Å². The zero-order valence-electron chi connectivity index (χ0n) is 38.2. The maximum Gasteiger partial charge on any atom is 0.136 e. The fourth-order valence-corrected chi connectivity index (χ4v) is 5.85. The lowest BCUT2D eigenvalue weighted by Crippen LogP contribution is -1.91. The van der Waals surface area contributed by atoms with Gasteiger partial charge in [0.15, 0.2) is 0 Å². The lowest BCUT2D eigenvalue weighted by Gasteiger charge is -2.19. The Morgan fingerprint density at radius 2 is 0.953 bits per heavy atom. The molecule has 0 saturated heterocycles. The maximum atomic E-state index is 9.10. The Balaban J connectivity index is 1.33. The summed E-state index contributed by atoms with van der Waals surface area (Å²) in [4.78, 5) is 0. The highest BCUT2D eigenvalue weighted by molar-refractivity contribution is 6.23. The zero-order valence-corrected chi connectivity index (χ0v) is 22.2. The molecule has 8 aromatic carbocycles. The molecule has 0 aliphatic rings. The van der Waals surface area contributed by atoms with Gasteiger partial charge in [-0.1, -0.05) is 139 Å². The highest BCUT2D eigenvalue weighted by atomic mass is 16.3. The molecule has 43 heavy (non-hydrogen) atoms. The van der Waals surface area contributed by atoms with E-state index < -0.39 is 36.3 Å². The average molecular weight is 563 g/mol. The van der Waals surface area contributed by atoms with Crippen molar-refractivity contribution in [3.8, 4) is 33.4 Å². The minimum Gasteiger partial charge on any atom is -0.456 e. The number of hydrogen-bond donors (Lipinski definition) is 0. The number of para-hydroxylation sites is 1. The second-order valence-corrected chi connectivity index (χ2v) is 10.1. The van der Waals surface area contributed by atoms with Crippen LogP contribution in [0.4, 0.5) is 0 Å². The molecule has 0 aliphatic heterocycles. The molecule has 0 aliphatic carbocycles. The number of furan rings is 1. The molecular formula is C42H26O. The van der Waals surface area contributed by atoms with Crippen LogP contribution >= 0.6 is 0 Å². The van der Waals surface area contributed by atoms with Gasteiger partial charge in [0.25, 0.3) is 0 Å². The quantitative estimate of drug-likeness (QED) is 0.195. The smallest absolute Gasteiger partial charge is 0.136 e. The average Bonchev–Trinajstić information content (AvgIpc) is 3.61. The van der Waals surface area contributed by atoms with Crippen LogP contribution in [0.15, 0.2) is 162 Å². The van der Waals surface area contributed by atoms with Gasteiger partial charge in [0.05, 0.1) is 21.9 Å². The third-order valence-electron chi connectivity index (χ3n) is 7.76. The molecule has 0 atom stereocenters. The Bertz CT molecular complexity index is 3320. The topological polar surface area (TPSA) is 13.1 Å². The molecule has 1 heterocycles. The van der Waals surface area contributed by atoms with E-state index in [-0.39, 0.29) is 98.7 Å². The molecule has 9 rings (SSSR count). The number of benzene rings is 8. The summed E-state index contributed by atoms with van der Waals surface area (Å²) in [5.41, 5.74) is 1.70. The van der Waals surface area contributed by atoms with E-state index in [0.717, 1.165) is 0 Å². The molecule has 1 nitrogen and oxygen atoms in total. The van der Waals surface area contributed by atoms with Gasteiger partial charge in [-0.05, 0) is 83.8 Å². The summed E-state index contributed by atoms with van der Waals surface area (Å²) in [7, 11) is 0. The van der Waals surface area contributed by atoms with Gasteiger partial charge in [-0.3, -0.25) is 0 Å². The van der Waals surface area contributed by atoms with E-state index in [2.05, 4.69) is 0 Å². The van der Waals surface area contributed by atoms with Gasteiger partial charge in [0, 0.05) is 10.8 Å². The van der Waals surface area contributed by atoms with Crippen molar-refractivity contribution >= 4 is 54.3 Å². The molecule has 200 valence electrons. The van der Waals surface area contributed by atoms with Crippen LogP contribution in [0.1, 0.15) is 21.9 Å². The third-order valence-corrected chi connectivity index (χ3v) is 7.76. The molecule has 0 fully saturated rings. The van der Waals surface area contributed by atoms with Crippen LogP contribution in [-0.2, 0) is 0 Å². The first kappa shape index (κ1) is 13.1. The second kappa shape index (κ2) is 9.44. The van der Waals surface area contributed by atoms with Crippen molar-refractivity contribution in [2.75, 3.05) is 0 Å². The van der Waals surface area contributed by atoms with Crippen LogP contribution in [0.5, 0.6) is 0 Å². The van der Waals surface area contributed by atoms with E-state index in [9.17, 15) is 0 Å².